The predicted molar refractivity (Wildman–Crippen MR) is 77.2 cm³/mol. The first-order chi connectivity index (χ1) is 9.95. The van der Waals surface area contributed by atoms with Crippen LogP contribution in [-0.4, -0.2) is 53.0 Å². The molecule has 0 radical (unpaired) electrons. The predicted octanol–water partition coefficient (Wildman–Crippen LogP) is -2.27. The van der Waals surface area contributed by atoms with E-state index in [1.807, 2.05) is 0 Å². The van der Waals surface area contributed by atoms with Gasteiger partial charge in [-0.2, -0.15) is 0 Å². The molecule has 7 heteroatoms. The van der Waals surface area contributed by atoms with E-state index >= 15 is 0 Å². The summed E-state index contributed by atoms with van der Waals surface area (Å²) in [6.07, 6.45) is 6.38. The van der Waals surface area contributed by atoms with E-state index in [4.69, 9.17) is 5.11 Å². The second-order valence-electron chi connectivity index (χ2n) is 5.69. The van der Waals surface area contributed by atoms with Crippen molar-refractivity contribution >= 4 is 11.9 Å². The van der Waals surface area contributed by atoms with E-state index in [1.165, 1.54) is 19.3 Å². The van der Waals surface area contributed by atoms with Crippen LogP contribution in [0.3, 0.4) is 0 Å². The van der Waals surface area contributed by atoms with Crippen LogP contribution in [0.25, 0.3) is 0 Å². The van der Waals surface area contributed by atoms with Gasteiger partial charge in [0.1, 0.15) is 0 Å². The molecule has 0 heterocycles. The van der Waals surface area contributed by atoms with Crippen molar-refractivity contribution in [2.24, 2.45) is 0 Å². The molecule has 2 N–H and O–H groups in total. The van der Waals surface area contributed by atoms with Crippen molar-refractivity contribution in [2.45, 2.75) is 58.3 Å². The SMILES string of the molecule is CCCCCCCC[N+](CO)(CCC(=O)[O-])CCC(=O)O.[Li+]. The molecule has 1 unspecified atom stereocenters. The van der Waals surface area contributed by atoms with Crippen LogP contribution in [0.1, 0.15) is 58.3 Å². The molecule has 0 fully saturated rings. The molecule has 0 amide bonds. The van der Waals surface area contributed by atoms with Crippen LogP contribution >= 0.6 is 0 Å². The van der Waals surface area contributed by atoms with Crippen molar-refractivity contribution in [2.75, 3.05) is 26.4 Å². The molecule has 0 saturated heterocycles. The third-order valence-electron chi connectivity index (χ3n) is 3.88. The number of rotatable bonds is 14. The maximum atomic E-state index is 10.7. The number of hydrogen-bond acceptors (Lipinski definition) is 4. The number of nitrogens with zero attached hydrogens (tertiary/aromatic N) is 1. The molecule has 0 aliphatic heterocycles. The number of carbonyl (C=O) groups excluding carboxylic acids is 1. The van der Waals surface area contributed by atoms with Crippen LogP contribution in [0.15, 0.2) is 0 Å². The summed E-state index contributed by atoms with van der Waals surface area (Å²) in [5.74, 6) is -2.09. The Kier molecular flexibility index (Phi) is 15.2. The summed E-state index contributed by atoms with van der Waals surface area (Å²) in [7, 11) is 0. The molecule has 6 nitrogen and oxygen atoms in total. The molecule has 0 aliphatic carbocycles. The number of aliphatic carboxylic acids is 2. The van der Waals surface area contributed by atoms with Crippen molar-refractivity contribution in [3.05, 3.63) is 0 Å². The zero-order valence-electron chi connectivity index (χ0n) is 14.1. The summed E-state index contributed by atoms with van der Waals surface area (Å²) in [4.78, 5) is 21.4. The first kappa shape index (κ1) is 23.7. The van der Waals surface area contributed by atoms with Gasteiger partial charge in [0, 0.05) is 12.4 Å². The van der Waals surface area contributed by atoms with Crippen LogP contribution in [0.5, 0.6) is 0 Å². The fraction of sp³-hybridized carbons (Fsp3) is 0.867. The van der Waals surface area contributed by atoms with Gasteiger partial charge < -0.3 is 24.6 Å². The Morgan fingerprint density at radius 2 is 1.50 bits per heavy atom. The Labute approximate surface area is 145 Å². The van der Waals surface area contributed by atoms with Gasteiger partial charge in [-0.05, 0) is 12.8 Å². The maximum Gasteiger partial charge on any atom is 1.00 e. The third kappa shape index (κ3) is 12.0. The Morgan fingerprint density at radius 1 is 0.955 bits per heavy atom. The molecule has 0 aromatic heterocycles. The molecule has 1 atom stereocenters. The minimum absolute atomic E-state index is 0. The smallest absolute Gasteiger partial charge is 0.550 e. The van der Waals surface area contributed by atoms with Crippen molar-refractivity contribution in [1.29, 1.82) is 0 Å². The summed E-state index contributed by atoms with van der Waals surface area (Å²) in [6, 6.07) is 0. The number of carbonyl (C=O) groups is 2. The number of hydrogen-bond donors (Lipinski definition) is 2. The molecule has 0 rings (SSSR count). The number of aliphatic hydroxyl groups excluding tert-OH is 1. The Balaban J connectivity index is 0. The van der Waals surface area contributed by atoms with Gasteiger partial charge in [-0.3, -0.25) is 4.79 Å². The zero-order chi connectivity index (χ0) is 16.1. The van der Waals surface area contributed by atoms with Crippen LogP contribution in [0.2, 0.25) is 0 Å². The van der Waals surface area contributed by atoms with E-state index in [-0.39, 0.29) is 56.0 Å². The quantitative estimate of drug-likeness (QED) is 0.163. The van der Waals surface area contributed by atoms with Crippen LogP contribution in [-0.2, 0) is 9.59 Å². The van der Waals surface area contributed by atoms with Crippen molar-refractivity contribution in [3.8, 4) is 0 Å². The van der Waals surface area contributed by atoms with Gasteiger partial charge in [0.25, 0.3) is 0 Å². The Bertz CT molecular complexity index is 294. The number of quaternary nitrogens is 1. The fourth-order valence-electron chi connectivity index (χ4n) is 2.44. The number of unbranched alkanes of at least 4 members (excludes halogenated alkanes) is 5. The van der Waals surface area contributed by atoms with Gasteiger partial charge in [-0.25, -0.2) is 0 Å². The van der Waals surface area contributed by atoms with Crippen molar-refractivity contribution < 1.29 is 48.3 Å². The van der Waals surface area contributed by atoms with E-state index in [9.17, 15) is 19.8 Å². The molecule has 22 heavy (non-hydrogen) atoms. The molecular formula is C15H29LiNO5+. The van der Waals surface area contributed by atoms with E-state index in [2.05, 4.69) is 6.92 Å². The van der Waals surface area contributed by atoms with Gasteiger partial charge in [-0.15, -0.1) is 0 Å². The average Bonchev–Trinajstić information content (AvgIpc) is 2.45. The van der Waals surface area contributed by atoms with Crippen molar-refractivity contribution in [1.82, 2.24) is 0 Å². The topological polar surface area (TPSA) is 97.7 Å². The summed E-state index contributed by atoms with van der Waals surface area (Å²) in [5.41, 5.74) is 0. The van der Waals surface area contributed by atoms with E-state index in [1.54, 1.807) is 0 Å². The monoisotopic (exact) mass is 310 g/mol. The minimum atomic E-state index is -1.16. The molecule has 0 spiro atoms. The van der Waals surface area contributed by atoms with E-state index < -0.39 is 11.9 Å². The summed E-state index contributed by atoms with van der Waals surface area (Å²) >= 11 is 0. The Morgan fingerprint density at radius 3 is 2.00 bits per heavy atom. The first-order valence-electron chi connectivity index (χ1n) is 7.83. The summed E-state index contributed by atoms with van der Waals surface area (Å²) < 4.78 is 0.133. The minimum Gasteiger partial charge on any atom is -0.550 e. The summed E-state index contributed by atoms with van der Waals surface area (Å²) in [5, 5.41) is 29.0. The molecule has 0 aromatic rings. The average molecular weight is 310 g/mol. The molecule has 124 valence electrons. The first-order valence-corrected chi connectivity index (χ1v) is 7.83. The van der Waals surface area contributed by atoms with Crippen molar-refractivity contribution in [3.63, 3.8) is 0 Å². The second kappa shape index (κ2) is 14.1. The second-order valence-corrected chi connectivity index (χ2v) is 5.69. The largest absolute Gasteiger partial charge is 1.00 e. The zero-order valence-corrected chi connectivity index (χ0v) is 14.1. The molecule has 0 aromatic carbocycles. The molecule has 0 aliphatic rings. The fourth-order valence-corrected chi connectivity index (χ4v) is 2.44. The number of aliphatic hydroxyl groups is 1. The van der Waals surface area contributed by atoms with E-state index in [0.717, 1.165) is 19.3 Å². The van der Waals surface area contributed by atoms with Gasteiger partial charge in [0.2, 0.25) is 0 Å². The number of carboxylic acids is 2. The van der Waals surface area contributed by atoms with Gasteiger partial charge in [0.05, 0.1) is 26.1 Å². The number of carboxylic acid groups (broad SMARTS) is 2. The normalized spacial score (nSPS) is 13.2. The standard InChI is InChI=1S/C15H29NO5.Li/c1-2-3-4-5-6-7-10-16(13-17,11-8-14(18)19)12-9-15(20)21;/h17H,2-13H2,1H3,(H-,18,19,20,21);/q;+1. The van der Waals surface area contributed by atoms with Crippen LogP contribution in [0, 0.1) is 0 Å². The van der Waals surface area contributed by atoms with Crippen LogP contribution in [0.4, 0.5) is 0 Å². The van der Waals surface area contributed by atoms with Gasteiger partial charge >= 0.3 is 24.8 Å². The molecular weight excluding hydrogens is 281 g/mol. The van der Waals surface area contributed by atoms with Crippen LogP contribution < -0.4 is 24.0 Å². The maximum absolute atomic E-state index is 10.7. The molecule has 0 saturated carbocycles. The van der Waals surface area contributed by atoms with Gasteiger partial charge in [0.15, 0.2) is 6.73 Å². The third-order valence-corrected chi connectivity index (χ3v) is 3.88. The molecule has 0 bridgehead atoms. The summed E-state index contributed by atoms with van der Waals surface area (Å²) in [6.45, 7) is 3.02. The van der Waals surface area contributed by atoms with Gasteiger partial charge in [-0.1, -0.05) is 32.6 Å². The Hall–Kier alpha value is -0.543. The van der Waals surface area contributed by atoms with E-state index in [0.29, 0.717) is 6.54 Å².